The molecule has 1 fully saturated rings. The third-order valence-electron chi connectivity index (χ3n) is 2.29. The summed E-state index contributed by atoms with van der Waals surface area (Å²) >= 11 is 0. The molecule has 2 amide bonds. The first-order chi connectivity index (χ1) is 7.47. The number of hydrogen-bond acceptors (Lipinski definition) is 4. The predicted molar refractivity (Wildman–Crippen MR) is 51.8 cm³/mol. The molecule has 90 valence electrons. The number of carbonyl (C=O) groups excluding carboxylic acids is 3. The fourth-order valence-electron chi connectivity index (χ4n) is 1.57. The van der Waals surface area contributed by atoms with Crippen LogP contribution >= 0.6 is 0 Å². The number of ether oxygens (including phenoxy) is 1. The smallest absolute Gasteiger partial charge is 0.362 e. The normalized spacial score (nSPS) is 19.8. The monoisotopic (exact) mass is 231 g/mol. The maximum absolute atomic E-state index is 13.5. The molecule has 1 unspecified atom stereocenters. The third kappa shape index (κ3) is 2.56. The average molecular weight is 231 g/mol. The predicted octanol–water partition coefficient (Wildman–Crippen LogP) is 0.630. The number of alkyl halides is 1. The van der Waals surface area contributed by atoms with Gasteiger partial charge in [-0.05, 0) is 12.8 Å². The van der Waals surface area contributed by atoms with Crippen molar-refractivity contribution in [2.24, 2.45) is 5.92 Å². The maximum atomic E-state index is 13.5. The maximum Gasteiger partial charge on any atom is 0.362 e. The number of imide groups is 1. The van der Waals surface area contributed by atoms with Crippen molar-refractivity contribution in [2.75, 3.05) is 6.61 Å². The van der Waals surface area contributed by atoms with Crippen LogP contribution in [0.2, 0.25) is 0 Å². The Bertz CT molecular complexity index is 300. The SMILES string of the molecule is CCOC(=O)C(F)N1C(=O)CC(C)CC1=O. The van der Waals surface area contributed by atoms with Crippen LogP contribution in [0.3, 0.4) is 0 Å². The highest BCUT2D eigenvalue weighted by Crippen LogP contribution is 2.21. The van der Waals surface area contributed by atoms with Gasteiger partial charge in [0.2, 0.25) is 11.8 Å². The van der Waals surface area contributed by atoms with E-state index in [9.17, 15) is 18.8 Å². The lowest BCUT2D eigenvalue weighted by Crippen LogP contribution is -2.50. The summed E-state index contributed by atoms with van der Waals surface area (Å²) in [4.78, 5) is 34.3. The van der Waals surface area contributed by atoms with Crippen molar-refractivity contribution in [1.82, 2.24) is 4.90 Å². The Morgan fingerprint density at radius 1 is 1.50 bits per heavy atom. The number of hydrogen-bond donors (Lipinski definition) is 0. The molecule has 0 aromatic carbocycles. The Kier molecular flexibility index (Phi) is 3.98. The molecule has 0 aliphatic carbocycles. The summed E-state index contributed by atoms with van der Waals surface area (Å²) < 4.78 is 17.9. The highest BCUT2D eigenvalue weighted by atomic mass is 19.1. The molecule has 1 aliphatic rings. The van der Waals surface area contributed by atoms with Gasteiger partial charge in [0.1, 0.15) is 0 Å². The topological polar surface area (TPSA) is 63.7 Å². The quantitative estimate of drug-likeness (QED) is 0.406. The van der Waals surface area contributed by atoms with E-state index in [0.29, 0.717) is 4.90 Å². The van der Waals surface area contributed by atoms with E-state index >= 15 is 0 Å². The van der Waals surface area contributed by atoms with Gasteiger partial charge in [0.15, 0.2) is 0 Å². The molecule has 0 spiro atoms. The first-order valence-corrected chi connectivity index (χ1v) is 5.13. The lowest BCUT2D eigenvalue weighted by molar-refractivity contribution is -0.171. The van der Waals surface area contributed by atoms with E-state index in [0.717, 1.165) is 0 Å². The van der Waals surface area contributed by atoms with Crippen molar-refractivity contribution in [2.45, 2.75) is 33.0 Å². The summed E-state index contributed by atoms with van der Waals surface area (Å²) in [7, 11) is 0. The Morgan fingerprint density at radius 2 is 2.00 bits per heavy atom. The van der Waals surface area contributed by atoms with Crippen LogP contribution < -0.4 is 0 Å². The van der Waals surface area contributed by atoms with Gasteiger partial charge in [0.25, 0.3) is 6.30 Å². The van der Waals surface area contributed by atoms with Gasteiger partial charge in [0.05, 0.1) is 6.61 Å². The standard InChI is InChI=1S/C10H14FNO4/c1-3-16-10(15)9(11)12-7(13)4-6(2)5-8(12)14/h6,9H,3-5H2,1-2H3. The van der Waals surface area contributed by atoms with Gasteiger partial charge in [-0.25, -0.2) is 14.1 Å². The number of rotatable bonds is 3. The molecule has 1 atom stereocenters. The Morgan fingerprint density at radius 3 is 2.44 bits per heavy atom. The first-order valence-electron chi connectivity index (χ1n) is 5.13. The van der Waals surface area contributed by atoms with Gasteiger partial charge in [-0.15, -0.1) is 0 Å². The average Bonchev–Trinajstić information content (AvgIpc) is 2.16. The third-order valence-corrected chi connectivity index (χ3v) is 2.29. The van der Waals surface area contributed by atoms with Gasteiger partial charge < -0.3 is 4.74 Å². The number of carbonyl (C=O) groups is 3. The van der Waals surface area contributed by atoms with E-state index < -0.39 is 24.1 Å². The molecule has 16 heavy (non-hydrogen) atoms. The van der Waals surface area contributed by atoms with Crippen molar-refractivity contribution >= 4 is 17.8 Å². The second-order valence-corrected chi connectivity index (χ2v) is 3.76. The number of amides is 2. The molecule has 0 radical (unpaired) electrons. The molecule has 0 N–H and O–H groups in total. The minimum absolute atomic E-state index is 0.00583. The minimum Gasteiger partial charge on any atom is -0.462 e. The lowest BCUT2D eigenvalue weighted by Gasteiger charge is -2.29. The molecule has 6 heteroatoms. The van der Waals surface area contributed by atoms with Crippen LogP contribution in [0.5, 0.6) is 0 Å². The zero-order valence-corrected chi connectivity index (χ0v) is 9.23. The highest BCUT2D eigenvalue weighted by Gasteiger charge is 2.39. The Hall–Kier alpha value is -1.46. The summed E-state index contributed by atoms with van der Waals surface area (Å²) in [6, 6.07) is 0. The molecule has 1 heterocycles. The zero-order chi connectivity index (χ0) is 12.3. The number of likely N-dealkylation sites (tertiary alicyclic amines) is 1. The summed E-state index contributed by atoms with van der Waals surface area (Å²) in [6.45, 7) is 3.25. The molecule has 0 aromatic heterocycles. The molecule has 1 rings (SSSR count). The minimum atomic E-state index is -2.31. The van der Waals surface area contributed by atoms with Crippen LogP contribution in [-0.2, 0) is 19.1 Å². The van der Waals surface area contributed by atoms with Crippen molar-refractivity contribution in [3.05, 3.63) is 0 Å². The van der Waals surface area contributed by atoms with E-state index in [4.69, 9.17) is 0 Å². The summed E-state index contributed by atoms with van der Waals surface area (Å²) in [5.74, 6) is -2.63. The van der Waals surface area contributed by atoms with Crippen LogP contribution in [0.15, 0.2) is 0 Å². The van der Waals surface area contributed by atoms with Crippen LogP contribution in [0.1, 0.15) is 26.7 Å². The molecule has 1 saturated heterocycles. The molecule has 0 aromatic rings. The molecule has 5 nitrogen and oxygen atoms in total. The second kappa shape index (κ2) is 5.05. The van der Waals surface area contributed by atoms with Gasteiger partial charge >= 0.3 is 5.97 Å². The number of halogens is 1. The summed E-state index contributed by atoms with van der Waals surface area (Å²) in [5, 5.41) is 0. The van der Waals surface area contributed by atoms with Gasteiger partial charge in [-0.1, -0.05) is 6.92 Å². The Balaban J connectivity index is 2.74. The van der Waals surface area contributed by atoms with E-state index in [1.54, 1.807) is 6.92 Å². The number of piperidine rings is 1. The van der Waals surface area contributed by atoms with Crippen LogP contribution in [0.25, 0.3) is 0 Å². The van der Waals surface area contributed by atoms with Crippen LogP contribution in [-0.4, -0.2) is 35.6 Å². The largest absolute Gasteiger partial charge is 0.462 e. The number of esters is 1. The van der Waals surface area contributed by atoms with Crippen LogP contribution in [0.4, 0.5) is 4.39 Å². The van der Waals surface area contributed by atoms with Gasteiger partial charge in [0, 0.05) is 12.8 Å². The van der Waals surface area contributed by atoms with Crippen molar-refractivity contribution < 1.29 is 23.5 Å². The summed E-state index contributed by atoms with van der Waals surface area (Å²) in [6.07, 6.45) is -2.16. The van der Waals surface area contributed by atoms with E-state index in [1.807, 2.05) is 0 Å². The van der Waals surface area contributed by atoms with Crippen molar-refractivity contribution in [1.29, 1.82) is 0 Å². The lowest BCUT2D eigenvalue weighted by atomic mass is 9.98. The fourth-order valence-corrected chi connectivity index (χ4v) is 1.57. The first kappa shape index (κ1) is 12.6. The van der Waals surface area contributed by atoms with Crippen LogP contribution in [0, 0.1) is 5.92 Å². The molecule has 0 bridgehead atoms. The summed E-state index contributed by atoms with van der Waals surface area (Å²) in [5.41, 5.74) is 0. The van der Waals surface area contributed by atoms with Crippen molar-refractivity contribution in [3.8, 4) is 0 Å². The molecule has 1 aliphatic heterocycles. The number of nitrogens with zero attached hydrogens (tertiary/aromatic N) is 1. The molecule has 0 saturated carbocycles. The Labute approximate surface area is 92.5 Å². The zero-order valence-electron chi connectivity index (χ0n) is 9.23. The van der Waals surface area contributed by atoms with E-state index in [-0.39, 0.29) is 25.4 Å². The second-order valence-electron chi connectivity index (χ2n) is 3.76. The fraction of sp³-hybridized carbons (Fsp3) is 0.700. The molecular formula is C10H14FNO4. The van der Waals surface area contributed by atoms with E-state index in [1.165, 1.54) is 6.92 Å². The van der Waals surface area contributed by atoms with Gasteiger partial charge in [-0.2, -0.15) is 0 Å². The highest BCUT2D eigenvalue weighted by molar-refractivity contribution is 6.01. The van der Waals surface area contributed by atoms with E-state index in [2.05, 4.69) is 4.74 Å². The molecular weight excluding hydrogens is 217 g/mol. The van der Waals surface area contributed by atoms with Gasteiger partial charge in [-0.3, -0.25) is 9.59 Å². The van der Waals surface area contributed by atoms with Crippen molar-refractivity contribution in [3.63, 3.8) is 0 Å².